The minimum atomic E-state index is -0.639. The molecule has 0 saturated heterocycles. The number of carboxylic acid groups (broad SMARTS) is 1. The molecular formula is C20H23NO2. The minimum Gasteiger partial charge on any atom is -0.481 e. The van der Waals surface area contributed by atoms with Crippen molar-refractivity contribution in [1.29, 1.82) is 0 Å². The molecule has 3 nitrogen and oxygen atoms in total. The number of benzene rings is 2. The van der Waals surface area contributed by atoms with Crippen LogP contribution in [-0.2, 0) is 11.3 Å². The van der Waals surface area contributed by atoms with Gasteiger partial charge < -0.3 is 10.4 Å². The van der Waals surface area contributed by atoms with E-state index in [1.54, 1.807) is 0 Å². The third kappa shape index (κ3) is 4.20. The molecule has 0 heterocycles. The van der Waals surface area contributed by atoms with Crippen molar-refractivity contribution in [2.45, 2.75) is 38.3 Å². The molecule has 0 atom stereocenters. The predicted octanol–water partition coefficient (Wildman–Crippen LogP) is 4.09. The van der Waals surface area contributed by atoms with Gasteiger partial charge in [0.05, 0.1) is 5.92 Å². The van der Waals surface area contributed by atoms with Gasteiger partial charge in [-0.3, -0.25) is 4.79 Å². The molecule has 2 aromatic carbocycles. The van der Waals surface area contributed by atoms with E-state index in [0.29, 0.717) is 6.04 Å². The third-order valence-corrected chi connectivity index (χ3v) is 4.73. The van der Waals surface area contributed by atoms with Crippen LogP contribution in [0, 0.1) is 5.92 Å². The number of carbonyl (C=O) groups is 1. The molecule has 1 aliphatic rings. The van der Waals surface area contributed by atoms with Crippen molar-refractivity contribution in [1.82, 2.24) is 5.32 Å². The quantitative estimate of drug-likeness (QED) is 0.874. The molecule has 1 saturated carbocycles. The van der Waals surface area contributed by atoms with E-state index < -0.39 is 5.97 Å². The van der Waals surface area contributed by atoms with Crippen LogP contribution in [-0.4, -0.2) is 17.1 Å². The van der Waals surface area contributed by atoms with Crippen LogP contribution in [0.3, 0.4) is 0 Å². The van der Waals surface area contributed by atoms with E-state index in [1.807, 2.05) is 6.07 Å². The summed E-state index contributed by atoms with van der Waals surface area (Å²) in [6.07, 6.45) is 3.50. The second kappa shape index (κ2) is 7.42. The summed E-state index contributed by atoms with van der Waals surface area (Å²) in [5, 5.41) is 12.6. The highest BCUT2D eigenvalue weighted by atomic mass is 16.4. The zero-order valence-electron chi connectivity index (χ0n) is 13.2. The highest BCUT2D eigenvalue weighted by Crippen LogP contribution is 2.25. The number of aliphatic carboxylic acids is 1. The normalized spacial score (nSPS) is 21.0. The van der Waals surface area contributed by atoms with Crippen LogP contribution in [0.5, 0.6) is 0 Å². The average molecular weight is 309 g/mol. The summed E-state index contributed by atoms with van der Waals surface area (Å²) in [6.45, 7) is 0.845. The molecule has 1 aliphatic carbocycles. The Labute approximate surface area is 137 Å². The zero-order chi connectivity index (χ0) is 16.1. The Kier molecular flexibility index (Phi) is 5.09. The Morgan fingerprint density at radius 1 is 0.913 bits per heavy atom. The minimum absolute atomic E-state index is 0.141. The average Bonchev–Trinajstić information content (AvgIpc) is 2.61. The fraction of sp³-hybridized carbons (Fsp3) is 0.350. The lowest BCUT2D eigenvalue weighted by atomic mass is 9.86. The van der Waals surface area contributed by atoms with E-state index in [4.69, 9.17) is 5.11 Å². The summed E-state index contributed by atoms with van der Waals surface area (Å²) in [6, 6.07) is 19.5. The smallest absolute Gasteiger partial charge is 0.306 e. The number of rotatable bonds is 5. The summed E-state index contributed by atoms with van der Waals surface area (Å²) >= 11 is 0. The van der Waals surface area contributed by atoms with E-state index in [1.165, 1.54) is 16.7 Å². The summed E-state index contributed by atoms with van der Waals surface area (Å²) in [4.78, 5) is 11.0. The summed E-state index contributed by atoms with van der Waals surface area (Å²) in [5.41, 5.74) is 3.74. The number of hydrogen-bond acceptors (Lipinski definition) is 2. The molecule has 0 spiro atoms. The Morgan fingerprint density at radius 3 is 2.13 bits per heavy atom. The molecule has 2 N–H and O–H groups in total. The van der Waals surface area contributed by atoms with Crippen molar-refractivity contribution in [3.05, 3.63) is 60.2 Å². The second-order valence-corrected chi connectivity index (χ2v) is 6.33. The van der Waals surface area contributed by atoms with E-state index in [-0.39, 0.29) is 5.92 Å². The van der Waals surface area contributed by atoms with Crippen molar-refractivity contribution >= 4 is 5.97 Å². The summed E-state index contributed by atoms with van der Waals surface area (Å²) < 4.78 is 0. The van der Waals surface area contributed by atoms with Gasteiger partial charge in [-0.05, 0) is 42.4 Å². The lowest BCUT2D eigenvalue weighted by Gasteiger charge is -2.27. The highest BCUT2D eigenvalue weighted by Gasteiger charge is 2.25. The maximum atomic E-state index is 11.0. The van der Waals surface area contributed by atoms with Crippen LogP contribution in [0.15, 0.2) is 54.6 Å². The van der Waals surface area contributed by atoms with Gasteiger partial charge in [0.1, 0.15) is 0 Å². The first-order valence-electron chi connectivity index (χ1n) is 8.33. The van der Waals surface area contributed by atoms with Gasteiger partial charge in [0.15, 0.2) is 0 Å². The molecule has 120 valence electrons. The molecule has 23 heavy (non-hydrogen) atoms. The van der Waals surface area contributed by atoms with Crippen LogP contribution >= 0.6 is 0 Å². The predicted molar refractivity (Wildman–Crippen MR) is 92.1 cm³/mol. The van der Waals surface area contributed by atoms with Crippen LogP contribution in [0.1, 0.15) is 31.2 Å². The topological polar surface area (TPSA) is 49.3 Å². The van der Waals surface area contributed by atoms with Crippen molar-refractivity contribution in [2.24, 2.45) is 5.92 Å². The van der Waals surface area contributed by atoms with Crippen molar-refractivity contribution in [2.75, 3.05) is 0 Å². The molecular weight excluding hydrogens is 286 g/mol. The number of nitrogens with one attached hydrogen (secondary N) is 1. The van der Waals surface area contributed by atoms with Gasteiger partial charge in [0.2, 0.25) is 0 Å². The highest BCUT2D eigenvalue weighted by molar-refractivity contribution is 5.70. The first kappa shape index (κ1) is 15.8. The molecule has 3 heteroatoms. The van der Waals surface area contributed by atoms with Gasteiger partial charge >= 0.3 is 5.97 Å². The Hall–Kier alpha value is -2.13. The molecule has 0 radical (unpaired) electrons. The lowest BCUT2D eigenvalue weighted by Crippen LogP contribution is -2.34. The van der Waals surface area contributed by atoms with Gasteiger partial charge in [-0.2, -0.15) is 0 Å². The van der Waals surface area contributed by atoms with Gasteiger partial charge in [0, 0.05) is 12.6 Å². The largest absolute Gasteiger partial charge is 0.481 e. The van der Waals surface area contributed by atoms with Gasteiger partial charge in [-0.25, -0.2) is 0 Å². The molecule has 0 aliphatic heterocycles. The van der Waals surface area contributed by atoms with Gasteiger partial charge in [0.25, 0.3) is 0 Å². The van der Waals surface area contributed by atoms with Gasteiger partial charge in [-0.15, -0.1) is 0 Å². The maximum Gasteiger partial charge on any atom is 0.306 e. The van der Waals surface area contributed by atoms with Gasteiger partial charge in [-0.1, -0.05) is 54.6 Å². The lowest BCUT2D eigenvalue weighted by molar-refractivity contribution is -0.142. The molecule has 1 fully saturated rings. The maximum absolute atomic E-state index is 11.0. The van der Waals surface area contributed by atoms with E-state index in [2.05, 4.69) is 53.8 Å². The van der Waals surface area contributed by atoms with E-state index in [9.17, 15) is 4.79 Å². The Balaban J connectivity index is 1.51. The monoisotopic (exact) mass is 309 g/mol. The zero-order valence-corrected chi connectivity index (χ0v) is 13.2. The Morgan fingerprint density at radius 2 is 1.52 bits per heavy atom. The Bertz CT molecular complexity index is 628. The van der Waals surface area contributed by atoms with Crippen LogP contribution in [0.25, 0.3) is 11.1 Å². The fourth-order valence-electron chi connectivity index (χ4n) is 3.25. The van der Waals surface area contributed by atoms with Crippen molar-refractivity contribution < 1.29 is 9.90 Å². The standard InChI is InChI=1S/C20H23NO2/c22-20(23)18-10-12-19(13-11-18)21-14-15-6-8-17(9-7-15)16-4-2-1-3-5-16/h1-9,18-19,21H,10-14H2,(H,22,23). The van der Waals surface area contributed by atoms with E-state index >= 15 is 0 Å². The third-order valence-electron chi connectivity index (χ3n) is 4.73. The number of hydrogen-bond donors (Lipinski definition) is 2. The molecule has 0 aromatic heterocycles. The first-order chi connectivity index (χ1) is 11.2. The SMILES string of the molecule is O=C(O)C1CCC(NCc2ccc(-c3ccccc3)cc2)CC1. The molecule has 0 amide bonds. The van der Waals surface area contributed by atoms with Crippen LogP contribution < -0.4 is 5.32 Å². The number of carboxylic acids is 1. The summed E-state index contributed by atoms with van der Waals surface area (Å²) in [5.74, 6) is -0.779. The van der Waals surface area contributed by atoms with Crippen molar-refractivity contribution in [3.8, 4) is 11.1 Å². The molecule has 2 aromatic rings. The van der Waals surface area contributed by atoms with Crippen LogP contribution in [0.4, 0.5) is 0 Å². The van der Waals surface area contributed by atoms with Crippen molar-refractivity contribution in [3.63, 3.8) is 0 Å². The van der Waals surface area contributed by atoms with Crippen LogP contribution in [0.2, 0.25) is 0 Å². The first-order valence-corrected chi connectivity index (χ1v) is 8.33. The van der Waals surface area contributed by atoms with E-state index in [0.717, 1.165) is 32.2 Å². The summed E-state index contributed by atoms with van der Waals surface area (Å²) in [7, 11) is 0. The molecule has 0 bridgehead atoms. The molecule has 0 unspecified atom stereocenters. The fourth-order valence-corrected chi connectivity index (χ4v) is 3.25. The molecule has 3 rings (SSSR count). The second-order valence-electron chi connectivity index (χ2n) is 6.33.